The summed E-state index contributed by atoms with van der Waals surface area (Å²) in [4.78, 5) is 18.2. The molecule has 1 aliphatic rings. The third kappa shape index (κ3) is 5.35. The van der Waals surface area contributed by atoms with Crippen LogP contribution >= 0.6 is 0 Å². The topological polar surface area (TPSA) is 71.4 Å². The zero-order valence-corrected chi connectivity index (χ0v) is 12.8. The van der Waals surface area contributed by atoms with Crippen molar-refractivity contribution < 1.29 is 9.53 Å². The predicted octanol–water partition coefficient (Wildman–Crippen LogP) is 0.292. The molecule has 1 aromatic heterocycles. The number of hydrogen-bond donors (Lipinski definition) is 2. The second-order valence-corrected chi connectivity index (χ2v) is 5.51. The van der Waals surface area contributed by atoms with Gasteiger partial charge in [-0.25, -0.2) is 9.78 Å². The van der Waals surface area contributed by atoms with Crippen LogP contribution in [0.25, 0.3) is 0 Å². The van der Waals surface area contributed by atoms with E-state index in [2.05, 4.69) is 27.4 Å². The Hall–Kier alpha value is -1.60. The zero-order chi connectivity index (χ0) is 15.1. The van der Waals surface area contributed by atoms with Crippen molar-refractivity contribution in [3.8, 4) is 0 Å². The molecule has 1 aliphatic heterocycles. The summed E-state index contributed by atoms with van der Waals surface area (Å²) < 4.78 is 7.27. The Bertz CT molecular complexity index is 417. The molecule has 2 unspecified atom stereocenters. The summed E-state index contributed by atoms with van der Waals surface area (Å²) in [6, 6.07) is 0.254. The van der Waals surface area contributed by atoms with Crippen molar-refractivity contribution in [2.75, 3.05) is 32.8 Å². The van der Waals surface area contributed by atoms with Gasteiger partial charge in [-0.15, -0.1) is 0 Å². The fraction of sp³-hybridized carbons (Fsp3) is 0.714. The molecular weight excluding hydrogens is 270 g/mol. The standard InChI is InChI=1S/C14H25N5O2/c1-12(10-18-4-3-15-11-18)17-14(20)16-9-13(2)19-5-7-21-8-6-19/h3-4,11-13H,5-10H2,1-2H3,(H2,16,17,20). The molecule has 2 heterocycles. The van der Waals surface area contributed by atoms with Crippen LogP contribution in [0.3, 0.4) is 0 Å². The average Bonchev–Trinajstić information content (AvgIpc) is 2.98. The van der Waals surface area contributed by atoms with Crippen LogP contribution in [0.4, 0.5) is 4.79 Å². The van der Waals surface area contributed by atoms with E-state index < -0.39 is 0 Å². The fourth-order valence-electron chi connectivity index (χ4n) is 2.42. The van der Waals surface area contributed by atoms with E-state index in [0.29, 0.717) is 19.1 Å². The summed E-state index contributed by atoms with van der Waals surface area (Å²) in [6.07, 6.45) is 5.37. The van der Waals surface area contributed by atoms with Crippen LogP contribution in [0.5, 0.6) is 0 Å². The number of ether oxygens (including phenoxy) is 1. The minimum absolute atomic E-state index is 0.0536. The molecule has 0 saturated carbocycles. The Morgan fingerprint density at radius 3 is 2.81 bits per heavy atom. The Kier molecular flexibility index (Phi) is 6.01. The number of imidazole rings is 1. The lowest BCUT2D eigenvalue weighted by Crippen LogP contribution is -2.50. The number of nitrogens with one attached hydrogen (secondary N) is 2. The van der Waals surface area contributed by atoms with Gasteiger partial charge in [-0.05, 0) is 13.8 Å². The number of aromatic nitrogens is 2. The highest BCUT2D eigenvalue weighted by Crippen LogP contribution is 2.02. The van der Waals surface area contributed by atoms with Crippen LogP contribution < -0.4 is 10.6 Å². The van der Waals surface area contributed by atoms with Gasteiger partial charge in [-0.3, -0.25) is 4.90 Å². The molecule has 2 amide bonds. The molecular formula is C14H25N5O2. The van der Waals surface area contributed by atoms with Gasteiger partial charge >= 0.3 is 6.03 Å². The Morgan fingerprint density at radius 1 is 1.38 bits per heavy atom. The first kappa shape index (κ1) is 15.8. The number of hydrogen-bond acceptors (Lipinski definition) is 4. The van der Waals surface area contributed by atoms with Crippen molar-refractivity contribution in [1.82, 2.24) is 25.1 Å². The van der Waals surface area contributed by atoms with Crippen LogP contribution in [0.2, 0.25) is 0 Å². The first-order valence-corrected chi connectivity index (χ1v) is 7.47. The van der Waals surface area contributed by atoms with Crippen LogP contribution in [0.1, 0.15) is 13.8 Å². The van der Waals surface area contributed by atoms with Gasteiger partial charge in [0, 0.05) is 50.7 Å². The summed E-state index contributed by atoms with van der Waals surface area (Å²) >= 11 is 0. The van der Waals surface area contributed by atoms with E-state index in [-0.39, 0.29) is 12.1 Å². The number of carbonyl (C=O) groups is 1. The second-order valence-electron chi connectivity index (χ2n) is 5.51. The van der Waals surface area contributed by atoms with Crippen molar-refractivity contribution in [3.63, 3.8) is 0 Å². The van der Waals surface area contributed by atoms with Crippen molar-refractivity contribution >= 4 is 6.03 Å². The van der Waals surface area contributed by atoms with E-state index in [1.165, 1.54) is 0 Å². The molecule has 7 nitrogen and oxygen atoms in total. The molecule has 1 aromatic rings. The number of morpholine rings is 1. The average molecular weight is 295 g/mol. The Labute approximate surface area is 125 Å². The maximum Gasteiger partial charge on any atom is 0.315 e. The molecule has 0 aromatic carbocycles. The molecule has 0 spiro atoms. The third-order valence-electron chi connectivity index (χ3n) is 3.65. The normalized spacial score (nSPS) is 19.0. The molecule has 0 aliphatic carbocycles. The third-order valence-corrected chi connectivity index (χ3v) is 3.65. The minimum atomic E-state index is -0.122. The maximum atomic E-state index is 11.9. The maximum absolute atomic E-state index is 11.9. The highest BCUT2D eigenvalue weighted by atomic mass is 16.5. The highest BCUT2D eigenvalue weighted by Gasteiger charge is 2.17. The number of amides is 2. The van der Waals surface area contributed by atoms with E-state index in [0.717, 1.165) is 26.3 Å². The first-order valence-electron chi connectivity index (χ1n) is 7.47. The first-order chi connectivity index (χ1) is 10.1. The number of urea groups is 1. The Morgan fingerprint density at radius 2 is 2.14 bits per heavy atom. The van der Waals surface area contributed by atoms with Gasteiger partial charge in [0.1, 0.15) is 0 Å². The largest absolute Gasteiger partial charge is 0.379 e. The highest BCUT2D eigenvalue weighted by molar-refractivity contribution is 5.74. The number of carbonyl (C=O) groups excluding carboxylic acids is 1. The molecule has 2 rings (SSSR count). The molecule has 1 fully saturated rings. The summed E-state index contributed by atoms with van der Waals surface area (Å²) in [5.41, 5.74) is 0. The van der Waals surface area contributed by atoms with Gasteiger partial charge < -0.3 is 19.9 Å². The van der Waals surface area contributed by atoms with E-state index in [4.69, 9.17) is 4.74 Å². The summed E-state index contributed by atoms with van der Waals surface area (Å²) in [6.45, 7) is 8.88. The van der Waals surface area contributed by atoms with Gasteiger partial charge in [0.05, 0.1) is 19.5 Å². The lowest BCUT2D eigenvalue weighted by atomic mass is 10.2. The molecule has 0 bridgehead atoms. The number of rotatable bonds is 6. The van der Waals surface area contributed by atoms with Crippen LogP contribution in [0.15, 0.2) is 18.7 Å². The smallest absolute Gasteiger partial charge is 0.315 e. The lowest BCUT2D eigenvalue weighted by Gasteiger charge is -2.32. The molecule has 2 N–H and O–H groups in total. The summed E-state index contributed by atoms with van der Waals surface area (Å²) in [5.74, 6) is 0. The van der Waals surface area contributed by atoms with Crippen molar-refractivity contribution in [2.45, 2.75) is 32.5 Å². The van der Waals surface area contributed by atoms with Gasteiger partial charge in [0.2, 0.25) is 0 Å². The SMILES string of the molecule is CC(Cn1ccnc1)NC(=O)NCC(C)N1CCOCC1. The zero-order valence-electron chi connectivity index (χ0n) is 12.8. The molecule has 21 heavy (non-hydrogen) atoms. The van der Waals surface area contributed by atoms with E-state index in [1.54, 1.807) is 12.5 Å². The van der Waals surface area contributed by atoms with Gasteiger partial charge in [-0.2, -0.15) is 0 Å². The quantitative estimate of drug-likeness (QED) is 0.791. The molecule has 2 atom stereocenters. The predicted molar refractivity (Wildman–Crippen MR) is 80.1 cm³/mol. The lowest BCUT2D eigenvalue weighted by molar-refractivity contribution is 0.0209. The molecule has 7 heteroatoms. The molecule has 118 valence electrons. The Balaban J connectivity index is 1.64. The summed E-state index contributed by atoms with van der Waals surface area (Å²) in [7, 11) is 0. The summed E-state index contributed by atoms with van der Waals surface area (Å²) in [5, 5.41) is 5.87. The monoisotopic (exact) mass is 295 g/mol. The van der Waals surface area contributed by atoms with Gasteiger partial charge in [0.25, 0.3) is 0 Å². The van der Waals surface area contributed by atoms with Crippen LogP contribution in [0, 0.1) is 0 Å². The second kappa shape index (κ2) is 7.99. The van der Waals surface area contributed by atoms with Gasteiger partial charge in [-0.1, -0.05) is 0 Å². The van der Waals surface area contributed by atoms with Crippen molar-refractivity contribution in [1.29, 1.82) is 0 Å². The van der Waals surface area contributed by atoms with Crippen LogP contribution in [-0.4, -0.2) is 65.4 Å². The van der Waals surface area contributed by atoms with E-state index >= 15 is 0 Å². The van der Waals surface area contributed by atoms with Crippen molar-refractivity contribution in [3.05, 3.63) is 18.7 Å². The molecule has 1 saturated heterocycles. The van der Waals surface area contributed by atoms with Gasteiger partial charge in [0.15, 0.2) is 0 Å². The minimum Gasteiger partial charge on any atom is -0.379 e. The van der Waals surface area contributed by atoms with Crippen LogP contribution in [-0.2, 0) is 11.3 Å². The van der Waals surface area contributed by atoms with E-state index in [1.807, 2.05) is 17.7 Å². The number of nitrogens with zero attached hydrogens (tertiary/aromatic N) is 3. The van der Waals surface area contributed by atoms with Crippen molar-refractivity contribution in [2.24, 2.45) is 0 Å². The molecule has 0 radical (unpaired) electrons. The van der Waals surface area contributed by atoms with E-state index in [9.17, 15) is 4.79 Å². The fourth-order valence-corrected chi connectivity index (χ4v) is 2.42.